The Bertz CT molecular complexity index is 470. The van der Waals surface area contributed by atoms with E-state index < -0.39 is 17.0 Å². The van der Waals surface area contributed by atoms with Crippen LogP contribution in [0.3, 0.4) is 0 Å². The molecule has 18 heavy (non-hydrogen) atoms. The minimum absolute atomic E-state index is 0.215. The van der Waals surface area contributed by atoms with Crippen molar-refractivity contribution in [3.63, 3.8) is 0 Å². The summed E-state index contributed by atoms with van der Waals surface area (Å²) in [6, 6.07) is 1.00. The fourth-order valence-electron chi connectivity index (χ4n) is 2.47. The molecule has 2 rings (SSSR count). The van der Waals surface area contributed by atoms with Crippen LogP contribution >= 0.6 is 0 Å². The molecule has 0 aromatic heterocycles. The first-order chi connectivity index (χ1) is 8.47. The van der Waals surface area contributed by atoms with E-state index in [1.807, 2.05) is 6.92 Å². The van der Waals surface area contributed by atoms with Crippen molar-refractivity contribution in [2.24, 2.45) is 5.73 Å². The molecule has 100 valence electrons. The summed E-state index contributed by atoms with van der Waals surface area (Å²) >= 11 is 0. The molecule has 0 saturated heterocycles. The highest BCUT2D eigenvalue weighted by atomic mass is 19.1. The first-order valence-corrected chi connectivity index (χ1v) is 5.87. The largest absolute Gasteiger partial charge is 0.505 e. The third kappa shape index (κ3) is 1.70. The van der Waals surface area contributed by atoms with Gasteiger partial charge in [-0.1, -0.05) is 0 Å². The van der Waals surface area contributed by atoms with Crippen LogP contribution in [0.5, 0.6) is 17.2 Å². The Balaban J connectivity index is 2.68. The number of phenolic OH excluding ortho intramolecular Hbond substituents is 1. The van der Waals surface area contributed by atoms with Gasteiger partial charge < -0.3 is 20.3 Å². The summed E-state index contributed by atoms with van der Waals surface area (Å²) in [7, 11) is 2.90. The SMILES string of the molecule is COc1cc(O)c(F)c(C2(C(C)N)CC2)c1OC. The molecule has 0 amide bonds. The van der Waals surface area contributed by atoms with E-state index >= 15 is 0 Å². The molecule has 0 bridgehead atoms. The lowest BCUT2D eigenvalue weighted by molar-refractivity contribution is 0.331. The molecule has 1 unspecified atom stereocenters. The summed E-state index contributed by atoms with van der Waals surface area (Å²) in [6.45, 7) is 1.84. The molecular weight excluding hydrogens is 237 g/mol. The zero-order valence-electron chi connectivity index (χ0n) is 10.8. The maximum Gasteiger partial charge on any atom is 0.172 e. The number of rotatable bonds is 4. The minimum Gasteiger partial charge on any atom is -0.505 e. The number of methoxy groups -OCH3 is 2. The topological polar surface area (TPSA) is 64.7 Å². The summed E-state index contributed by atoms with van der Waals surface area (Å²) in [4.78, 5) is 0. The second-order valence-corrected chi connectivity index (χ2v) is 4.76. The van der Waals surface area contributed by atoms with Crippen LogP contribution in [0.25, 0.3) is 0 Å². The maximum absolute atomic E-state index is 14.2. The van der Waals surface area contributed by atoms with Crippen molar-refractivity contribution >= 4 is 0 Å². The maximum atomic E-state index is 14.2. The summed E-state index contributed by atoms with van der Waals surface area (Å²) in [5.41, 5.74) is 5.83. The number of nitrogens with two attached hydrogens (primary N) is 1. The Morgan fingerprint density at radius 1 is 1.39 bits per heavy atom. The van der Waals surface area contributed by atoms with Crippen molar-refractivity contribution in [1.82, 2.24) is 0 Å². The van der Waals surface area contributed by atoms with Gasteiger partial charge in [-0.05, 0) is 19.8 Å². The Kier molecular flexibility index (Phi) is 3.11. The molecule has 0 aliphatic heterocycles. The molecule has 1 aliphatic rings. The third-order valence-electron chi connectivity index (χ3n) is 3.75. The molecule has 1 aromatic rings. The molecule has 1 aromatic carbocycles. The van der Waals surface area contributed by atoms with E-state index in [1.165, 1.54) is 20.3 Å². The highest BCUT2D eigenvalue weighted by molar-refractivity contribution is 5.57. The number of aromatic hydroxyl groups is 1. The smallest absolute Gasteiger partial charge is 0.172 e. The monoisotopic (exact) mass is 255 g/mol. The molecule has 4 nitrogen and oxygen atoms in total. The Labute approximate surface area is 106 Å². The summed E-state index contributed by atoms with van der Waals surface area (Å²) in [6.07, 6.45) is 1.56. The molecule has 1 aliphatic carbocycles. The van der Waals surface area contributed by atoms with Crippen molar-refractivity contribution < 1.29 is 19.0 Å². The normalized spacial score (nSPS) is 18.3. The number of hydrogen-bond acceptors (Lipinski definition) is 4. The second kappa shape index (κ2) is 4.31. The van der Waals surface area contributed by atoms with Gasteiger partial charge in [0, 0.05) is 23.1 Å². The lowest BCUT2D eigenvalue weighted by atomic mass is 9.87. The molecular formula is C13H18FNO3. The van der Waals surface area contributed by atoms with Crippen LogP contribution in [-0.2, 0) is 5.41 Å². The predicted octanol–water partition coefficient (Wildman–Crippen LogP) is 1.93. The van der Waals surface area contributed by atoms with Crippen molar-refractivity contribution in [2.75, 3.05) is 14.2 Å². The van der Waals surface area contributed by atoms with Gasteiger partial charge in [-0.25, -0.2) is 4.39 Å². The van der Waals surface area contributed by atoms with E-state index in [9.17, 15) is 9.50 Å². The number of phenols is 1. The van der Waals surface area contributed by atoms with Crippen LogP contribution in [0.2, 0.25) is 0 Å². The molecule has 0 heterocycles. The van der Waals surface area contributed by atoms with Gasteiger partial charge in [0.15, 0.2) is 23.1 Å². The lowest BCUT2D eigenvalue weighted by Gasteiger charge is -2.24. The van der Waals surface area contributed by atoms with E-state index in [0.29, 0.717) is 17.1 Å². The van der Waals surface area contributed by atoms with Gasteiger partial charge in [-0.15, -0.1) is 0 Å². The van der Waals surface area contributed by atoms with Crippen molar-refractivity contribution in [3.8, 4) is 17.2 Å². The summed E-state index contributed by atoms with van der Waals surface area (Å²) in [5.74, 6) is -0.460. The van der Waals surface area contributed by atoms with Gasteiger partial charge in [0.25, 0.3) is 0 Å². The standard InChI is InChI=1S/C13H18FNO3/c1-7(15)13(4-5-13)10-11(14)8(16)6-9(17-2)12(10)18-3/h6-7,16H,4-5,15H2,1-3H3. The van der Waals surface area contributed by atoms with Crippen LogP contribution in [0.15, 0.2) is 6.07 Å². The Hall–Kier alpha value is -1.49. The van der Waals surface area contributed by atoms with Gasteiger partial charge >= 0.3 is 0 Å². The average molecular weight is 255 g/mol. The number of benzene rings is 1. The van der Waals surface area contributed by atoms with Crippen LogP contribution in [-0.4, -0.2) is 25.4 Å². The first-order valence-electron chi connectivity index (χ1n) is 5.87. The highest BCUT2D eigenvalue weighted by Gasteiger charge is 2.52. The first kappa shape index (κ1) is 13.0. The highest BCUT2D eigenvalue weighted by Crippen LogP contribution is 2.57. The third-order valence-corrected chi connectivity index (χ3v) is 3.75. The molecule has 1 saturated carbocycles. The van der Waals surface area contributed by atoms with E-state index in [2.05, 4.69) is 0 Å². The van der Waals surface area contributed by atoms with E-state index in [1.54, 1.807) is 0 Å². The zero-order chi connectivity index (χ0) is 13.5. The summed E-state index contributed by atoms with van der Waals surface area (Å²) < 4.78 is 24.6. The van der Waals surface area contributed by atoms with Crippen LogP contribution in [0.4, 0.5) is 4.39 Å². The number of ether oxygens (including phenoxy) is 2. The van der Waals surface area contributed by atoms with Crippen molar-refractivity contribution in [2.45, 2.75) is 31.2 Å². The second-order valence-electron chi connectivity index (χ2n) is 4.76. The predicted molar refractivity (Wildman–Crippen MR) is 65.7 cm³/mol. The van der Waals surface area contributed by atoms with E-state index in [0.717, 1.165) is 12.8 Å². The Morgan fingerprint density at radius 2 is 2.00 bits per heavy atom. The quantitative estimate of drug-likeness (QED) is 0.862. The Morgan fingerprint density at radius 3 is 2.39 bits per heavy atom. The van der Waals surface area contributed by atoms with Crippen molar-refractivity contribution in [3.05, 3.63) is 17.4 Å². The molecule has 3 N–H and O–H groups in total. The van der Waals surface area contributed by atoms with Crippen LogP contribution in [0, 0.1) is 5.82 Å². The molecule has 1 atom stereocenters. The fraction of sp³-hybridized carbons (Fsp3) is 0.538. The van der Waals surface area contributed by atoms with Crippen LogP contribution in [0.1, 0.15) is 25.3 Å². The minimum atomic E-state index is -0.664. The fourth-order valence-corrected chi connectivity index (χ4v) is 2.47. The average Bonchev–Trinajstić information content (AvgIpc) is 3.12. The van der Waals surface area contributed by atoms with Gasteiger partial charge in [-0.2, -0.15) is 0 Å². The van der Waals surface area contributed by atoms with E-state index in [4.69, 9.17) is 15.2 Å². The molecule has 1 fully saturated rings. The van der Waals surface area contributed by atoms with Gasteiger partial charge in [0.2, 0.25) is 0 Å². The van der Waals surface area contributed by atoms with Gasteiger partial charge in [0.05, 0.1) is 14.2 Å². The molecule has 5 heteroatoms. The van der Waals surface area contributed by atoms with Gasteiger partial charge in [0.1, 0.15) is 0 Å². The molecule has 0 radical (unpaired) electrons. The molecule has 0 spiro atoms. The lowest BCUT2D eigenvalue weighted by Crippen LogP contribution is -2.32. The number of halogens is 1. The van der Waals surface area contributed by atoms with Crippen molar-refractivity contribution in [1.29, 1.82) is 0 Å². The van der Waals surface area contributed by atoms with E-state index in [-0.39, 0.29) is 6.04 Å². The number of hydrogen-bond donors (Lipinski definition) is 2. The zero-order valence-corrected chi connectivity index (χ0v) is 10.8. The summed E-state index contributed by atoms with van der Waals surface area (Å²) in [5, 5.41) is 9.65. The van der Waals surface area contributed by atoms with Gasteiger partial charge in [-0.3, -0.25) is 0 Å². The van der Waals surface area contributed by atoms with Crippen LogP contribution < -0.4 is 15.2 Å².